The van der Waals surface area contributed by atoms with Crippen molar-refractivity contribution in [3.63, 3.8) is 0 Å². The van der Waals surface area contributed by atoms with E-state index >= 15 is 0 Å². The molecule has 0 aliphatic carbocycles. The fourth-order valence-corrected chi connectivity index (χ4v) is 1.78. The van der Waals surface area contributed by atoms with Gasteiger partial charge in [0.2, 0.25) is 0 Å². The van der Waals surface area contributed by atoms with Gasteiger partial charge in [0, 0.05) is 11.6 Å². The molecule has 0 fully saturated rings. The van der Waals surface area contributed by atoms with Gasteiger partial charge < -0.3 is 0 Å². The molecule has 56 valence electrons. The monoisotopic (exact) mass is 257 g/mol. The lowest BCUT2D eigenvalue weighted by molar-refractivity contribution is 1.40. The van der Waals surface area contributed by atoms with E-state index in [9.17, 15) is 0 Å². The molecule has 2 rings (SSSR count). The van der Waals surface area contributed by atoms with Crippen LogP contribution in [-0.2, 0) is 0 Å². The van der Waals surface area contributed by atoms with Gasteiger partial charge in [-0.1, -0.05) is 12.1 Å². The quantitative estimate of drug-likeness (QED) is 0.639. The lowest BCUT2D eigenvalue weighted by atomic mass is 10.2. The predicted octanol–water partition coefficient (Wildman–Crippen LogP) is 3.15. The molecule has 11 heavy (non-hydrogen) atoms. The standard InChI is InChI=1S/C9H8IN/c1-7-2-3-8-4-5-11(10)9(8)6-7/h2-6H,1H3. The first kappa shape index (κ1) is 7.16. The Labute approximate surface area is 79.5 Å². The molecular weight excluding hydrogens is 249 g/mol. The first-order valence-electron chi connectivity index (χ1n) is 3.51. The molecule has 1 nitrogen and oxygen atoms in total. The number of halogens is 1. The number of aromatic nitrogens is 1. The first-order chi connectivity index (χ1) is 5.27. The maximum Gasteiger partial charge on any atom is 0.0640 e. The molecule has 2 aromatic rings. The Morgan fingerprint density at radius 3 is 2.91 bits per heavy atom. The number of aryl methyl sites for hydroxylation is 1. The van der Waals surface area contributed by atoms with Gasteiger partial charge in [0.15, 0.2) is 0 Å². The molecule has 0 radical (unpaired) electrons. The van der Waals surface area contributed by atoms with E-state index in [0.29, 0.717) is 0 Å². The van der Waals surface area contributed by atoms with Gasteiger partial charge in [-0.05, 0) is 24.6 Å². The highest BCUT2D eigenvalue weighted by molar-refractivity contribution is 14.1. The smallest absolute Gasteiger partial charge is 0.0640 e. The summed E-state index contributed by atoms with van der Waals surface area (Å²) < 4.78 is 2.11. The van der Waals surface area contributed by atoms with Gasteiger partial charge in [0.25, 0.3) is 0 Å². The van der Waals surface area contributed by atoms with Crippen molar-refractivity contribution in [2.24, 2.45) is 0 Å². The van der Waals surface area contributed by atoms with Crippen LogP contribution in [0, 0.1) is 6.92 Å². The fourth-order valence-electron chi connectivity index (χ4n) is 1.21. The molecule has 0 unspecified atom stereocenters. The third-order valence-electron chi connectivity index (χ3n) is 1.80. The van der Waals surface area contributed by atoms with Crippen molar-refractivity contribution >= 4 is 33.8 Å². The van der Waals surface area contributed by atoms with Crippen LogP contribution in [0.4, 0.5) is 0 Å². The van der Waals surface area contributed by atoms with E-state index in [0.717, 1.165) is 0 Å². The van der Waals surface area contributed by atoms with E-state index in [2.05, 4.69) is 63.0 Å². The summed E-state index contributed by atoms with van der Waals surface area (Å²) in [6.07, 6.45) is 2.07. The molecule has 0 spiro atoms. The zero-order chi connectivity index (χ0) is 7.84. The summed E-state index contributed by atoms with van der Waals surface area (Å²) in [6.45, 7) is 2.11. The summed E-state index contributed by atoms with van der Waals surface area (Å²) in [7, 11) is 0. The molecule has 0 atom stereocenters. The summed E-state index contributed by atoms with van der Waals surface area (Å²) in [4.78, 5) is 0. The first-order valence-corrected chi connectivity index (χ1v) is 4.48. The van der Waals surface area contributed by atoms with Gasteiger partial charge in [-0.3, -0.25) is 2.78 Å². The lowest BCUT2D eigenvalue weighted by Gasteiger charge is -1.94. The maximum absolute atomic E-state index is 2.29. The van der Waals surface area contributed by atoms with Crippen molar-refractivity contribution in [1.29, 1.82) is 0 Å². The molecule has 0 amide bonds. The summed E-state index contributed by atoms with van der Waals surface area (Å²) >= 11 is 2.29. The Morgan fingerprint density at radius 1 is 1.27 bits per heavy atom. The van der Waals surface area contributed by atoms with Crippen molar-refractivity contribution in [3.8, 4) is 0 Å². The minimum Gasteiger partial charge on any atom is -0.290 e. The maximum atomic E-state index is 2.29. The molecule has 0 N–H and O–H groups in total. The van der Waals surface area contributed by atoms with Gasteiger partial charge in [-0.25, -0.2) is 0 Å². The minimum atomic E-state index is 1.30. The Kier molecular flexibility index (Phi) is 1.64. The normalized spacial score (nSPS) is 10.7. The van der Waals surface area contributed by atoms with E-state index in [-0.39, 0.29) is 0 Å². The average Bonchev–Trinajstić information content (AvgIpc) is 2.33. The molecule has 2 heteroatoms. The van der Waals surface area contributed by atoms with Crippen molar-refractivity contribution < 1.29 is 0 Å². The van der Waals surface area contributed by atoms with Crippen LogP contribution in [0.2, 0.25) is 0 Å². The van der Waals surface area contributed by atoms with Crippen LogP contribution in [-0.4, -0.2) is 2.78 Å². The topological polar surface area (TPSA) is 4.93 Å². The number of rotatable bonds is 0. The summed E-state index contributed by atoms with van der Waals surface area (Å²) in [5.41, 5.74) is 2.61. The second-order valence-electron chi connectivity index (χ2n) is 2.69. The molecule has 0 bridgehead atoms. The summed E-state index contributed by atoms with van der Waals surface area (Å²) in [5, 5.41) is 1.31. The SMILES string of the molecule is Cc1ccc2ccn(I)c2c1. The molecule has 1 aromatic carbocycles. The third-order valence-corrected chi connectivity index (χ3v) is 2.64. The Bertz CT molecular complexity index is 389. The Morgan fingerprint density at radius 2 is 2.09 bits per heavy atom. The van der Waals surface area contributed by atoms with Crippen molar-refractivity contribution in [1.82, 2.24) is 2.78 Å². The van der Waals surface area contributed by atoms with Crippen LogP contribution >= 0.6 is 22.9 Å². The minimum absolute atomic E-state index is 1.30. The summed E-state index contributed by atoms with van der Waals surface area (Å²) in [5.74, 6) is 0. The number of hydrogen-bond acceptors (Lipinski definition) is 0. The van der Waals surface area contributed by atoms with Crippen LogP contribution in [0.15, 0.2) is 30.5 Å². The molecule has 1 aromatic heterocycles. The van der Waals surface area contributed by atoms with E-state index < -0.39 is 0 Å². The highest BCUT2D eigenvalue weighted by atomic mass is 127. The zero-order valence-corrected chi connectivity index (χ0v) is 8.37. The highest BCUT2D eigenvalue weighted by Gasteiger charge is 1.96. The number of fused-ring (bicyclic) bond motifs is 1. The molecule has 0 saturated carbocycles. The van der Waals surface area contributed by atoms with Crippen LogP contribution in [0.5, 0.6) is 0 Å². The number of benzene rings is 1. The number of hydrogen-bond donors (Lipinski definition) is 0. The third kappa shape index (κ3) is 1.15. The largest absolute Gasteiger partial charge is 0.290 e. The molecule has 0 aliphatic heterocycles. The van der Waals surface area contributed by atoms with Crippen molar-refractivity contribution in [2.45, 2.75) is 6.92 Å². The lowest BCUT2D eigenvalue weighted by Crippen LogP contribution is -1.76. The fraction of sp³-hybridized carbons (Fsp3) is 0.111. The van der Waals surface area contributed by atoms with Gasteiger partial charge in [-0.15, -0.1) is 0 Å². The van der Waals surface area contributed by atoms with Crippen molar-refractivity contribution in [2.75, 3.05) is 0 Å². The summed E-state index contributed by atoms with van der Waals surface area (Å²) in [6, 6.07) is 8.61. The number of nitrogens with zero attached hydrogens (tertiary/aromatic N) is 1. The highest BCUT2D eigenvalue weighted by Crippen LogP contribution is 2.18. The van der Waals surface area contributed by atoms with E-state index in [4.69, 9.17) is 0 Å². The Balaban J connectivity index is 2.87. The van der Waals surface area contributed by atoms with E-state index in [1.165, 1.54) is 16.5 Å². The van der Waals surface area contributed by atoms with E-state index in [1.54, 1.807) is 0 Å². The van der Waals surface area contributed by atoms with Crippen molar-refractivity contribution in [3.05, 3.63) is 36.0 Å². The second-order valence-corrected chi connectivity index (χ2v) is 3.73. The molecule has 0 aliphatic rings. The average molecular weight is 257 g/mol. The van der Waals surface area contributed by atoms with Crippen LogP contribution in [0.3, 0.4) is 0 Å². The van der Waals surface area contributed by atoms with Crippen LogP contribution < -0.4 is 0 Å². The van der Waals surface area contributed by atoms with E-state index in [1.807, 2.05) is 0 Å². The van der Waals surface area contributed by atoms with Crippen LogP contribution in [0.1, 0.15) is 5.56 Å². The molecule has 1 heterocycles. The predicted molar refractivity (Wildman–Crippen MR) is 56.1 cm³/mol. The van der Waals surface area contributed by atoms with Gasteiger partial charge >= 0.3 is 0 Å². The molecule has 0 saturated heterocycles. The van der Waals surface area contributed by atoms with Crippen LogP contribution in [0.25, 0.3) is 10.9 Å². The second kappa shape index (κ2) is 2.52. The zero-order valence-electron chi connectivity index (χ0n) is 6.21. The van der Waals surface area contributed by atoms with Gasteiger partial charge in [-0.2, -0.15) is 0 Å². The van der Waals surface area contributed by atoms with Gasteiger partial charge in [0.05, 0.1) is 28.4 Å². The molecular formula is C9H8IN. The van der Waals surface area contributed by atoms with Gasteiger partial charge in [0.1, 0.15) is 0 Å². The Hall–Kier alpha value is -0.510.